The number of anilines is 2. The first kappa shape index (κ1) is 20.9. The molecule has 2 aromatic heterocycles. The van der Waals surface area contributed by atoms with E-state index in [9.17, 15) is 14.4 Å². The SMILES string of the molecule is CCOC(=O)c1ccc(N2CCn3c2nc2c3c(=O)n(CCC(C)C)c(=O)n2C)cc1. The quantitative estimate of drug-likeness (QED) is 0.563. The number of aromatic nitrogens is 4. The van der Waals surface area contributed by atoms with Crippen LogP contribution in [0.3, 0.4) is 0 Å². The van der Waals surface area contributed by atoms with Crippen molar-refractivity contribution in [3.63, 3.8) is 0 Å². The van der Waals surface area contributed by atoms with E-state index < -0.39 is 0 Å². The van der Waals surface area contributed by atoms with Crippen molar-refractivity contribution < 1.29 is 9.53 Å². The molecule has 3 aromatic rings. The van der Waals surface area contributed by atoms with Crippen LogP contribution in [0.5, 0.6) is 0 Å². The van der Waals surface area contributed by atoms with Crippen LogP contribution in [-0.2, 0) is 24.9 Å². The average Bonchev–Trinajstić information content (AvgIpc) is 3.31. The number of nitrogens with zero attached hydrogens (tertiary/aromatic N) is 5. The number of hydrogen-bond donors (Lipinski definition) is 0. The van der Waals surface area contributed by atoms with Crippen molar-refractivity contribution in [2.24, 2.45) is 13.0 Å². The van der Waals surface area contributed by atoms with Crippen LogP contribution < -0.4 is 16.1 Å². The predicted octanol–water partition coefficient (Wildman–Crippen LogP) is 2.27. The number of carbonyl (C=O) groups is 1. The molecule has 0 radical (unpaired) electrons. The predicted molar refractivity (Wildman–Crippen MR) is 118 cm³/mol. The van der Waals surface area contributed by atoms with Crippen LogP contribution in [0.15, 0.2) is 33.9 Å². The molecule has 0 atom stereocenters. The summed E-state index contributed by atoms with van der Waals surface area (Å²) in [6, 6.07) is 7.10. The van der Waals surface area contributed by atoms with E-state index in [0.717, 1.165) is 12.1 Å². The van der Waals surface area contributed by atoms with Gasteiger partial charge in [0, 0.05) is 32.4 Å². The van der Waals surface area contributed by atoms with Crippen molar-refractivity contribution in [2.45, 2.75) is 40.3 Å². The molecular weight excluding hydrogens is 398 g/mol. The standard InChI is InChI=1S/C22H27N5O4/c1-5-31-20(29)15-6-8-16(9-7-15)25-12-13-26-17-18(23-21(25)26)24(4)22(30)27(19(17)28)11-10-14(2)3/h6-9,14H,5,10-13H2,1-4H3. The normalized spacial score (nSPS) is 13.3. The van der Waals surface area contributed by atoms with Crippen LogP contribution in [-0.4, -0.2) is 37.8 Å². The van der Waals surface area contributed by atoms with Gasteiger partial charge in [0.2, 0.25) is 5.95 Å². The van der Waals surface area contributed by atoms with E-state index in [2.05, 4.69) is 18.8 Å². The summed E-state index contributed by atoms with van der Waals surface area (Å²) in [6.07, 6.45) is 0.751. The van der Waals surface area contributed by atoms with Crippen LogP contribution in [0, 0.1) is 5.92 Å². The minimum absolute atomic E-state index is 0.294. The zero-order valence-corrected chi connectivity index (χ0v) is 18.3. The molecule has 1 aliphatic rings. The second-order valence-electron chi connectivity index (χ2n) is 8.14. The van der Waals surface area contributed by atoms with Gasteiger partial charge in [-0.15, -0.1) is 0 Å². The molecule has 0 aliphatic carbocycles. The molecule has 9 nitrogen and oxygen atoms in total. The monoisotopic (exact) mass is 425 g/mol. The van der Waals surface area contributed by atoms with Gasteiger partial charge >= 0.3 is 11.7 Å². The third-order valence-electron chi connectivity index (χ3n) is 5.62. The molecule has 9 heteroatoms. The third kappa shape index (κ3) is 3.54. The zero-order valence-electron chi connectivity index (χ0n) is 18.3. The molecule has 0 saturated carbocycles. The van der Waals surface area contributed by atoms with Crippen molar-refractivity contribution in [1.29, 1.82) is 0 Å². The molecule has 0 spiro atoms. The molecule has 4 rings (SSSR count). The maximum Gasteiger partial charge on any atom is 0.338 e. The van der Waals surface area contributed by atoms with Gasteiger partial charge in [0.25, 0.3) is 5.56 Å². The van der Waals surface area contributed by atoms with Gasteiger partial charge < -0.3 is 14.2 Å². The molecule has 1 aromatic carbocycles. The molecular formula is C22H27N5O4. The molecule has 31 heavy (non-hydrogen) atoms. The minimum Gasteiger partial charge on any atom is -0.462 e. The molecule has 0 bridgehead atoms. The lowest BCUT2D eigenvalue weighted by molar-refractivity contribution is 0.0526. The first-order valence-corrected chi connectivity index (χ1v) is 10.6. The van der Waals surface area contributed by atoms with E-state index in [-0.39, 0.29) is 17.2 Å². The van der Waals surface area contributed by atoms with Gasteiger partial charge in [-0.3, -0.25) is 13.9 Å². The highest BCUT2D eigenvalue weighted by atomic mass is 16.5. The summed E-state index contributed by atoms with van der Waals surface area (Å²) in [5.74, 6) is 0.642. The van der Waals surface area contributed by atoms with E-state index in [1.165, 1.54) is 9.13 Å². The Morgan fingerprint density at radius 1 is 1.16 bits per heavy atom. The Morgan fingerprint density at radius 2 is 1.87 bits per heavy atom. The number of ether oxygens (including phenoxy) is 1. The summed E-state index contributed by atoms with van der Waals surface area (Å²) in [6.45, 7) is 7.84. The van der Waals surface area contributed by atoms with Crippen LogP contribution in [0.4, 0.5) is 11.6 Å². The second kappa shape index (κ2) is 8.05. The van der Waals surface area contributed by atoms with Crippen molar-refractivity contribution in [2.75, 3.05) is 18.1 Å². The Hall–Kier alpha value is -3.36. The summed E-state index contributed by atoms with van der Waals surface area (Å²) < 4.78 is 9.67. The third-order valence-corrected chi connectivity index (χ3v) is 5.62. The van der Waals surface area contributed by atoms with E-state index in [1.54, 1.807) is 26.1 Å². The van der Waals surface area contributed by atoms with E-state index >= 15 is 0 Å². The molecule has 0 fully saturated rings. The minimum atomic E-state index is -0.361. The van der Waals surface area contributed by atoms with E-state index in [4.69, 9.17) is 4.74 Å². The van der Waals surface area contributed by atoms with E-state index in [0.29, 0.717) is 54.8 Å². The topological polar surface area (TPSA) is 91.4 Å². The van der Waals surface area contributed by atoms with Crippen molar-refractivity contribution in [1.82, 2.24) is 18.7 Å². The van der Waals surface area contributed by atoms with Crippen LogP contribution in [0.2, 0.25) is 0 Å². The highest BCUT2D eigenvalue weighted by molar-refractivity contribution is 5.90. The molecule has 0 N–H and O–H groups in total. The van der Waals surface area contributed by atoms with Crippen molar-refractivity contribution in [3.05, 3.63) is 50.7 Å². The first-order chi connectivity index (χ1) is 14.8. The lowest BCUT2D eigenvalue weighted by Crippen LogP contribution is -2.40. The Morgan fingerprint density at radius 3 is 2.52 bits per heavy atom. The Labute approximate surface area is 179 Å². The molecule has 1 aliphatic heterocycles. The Bertz CT molecular complexity index is 1250. The highest BCUT2D eigenvalue weighted by Crippen LogP contribution is 2.31. The summed E-state index contributed by atoms with van der Waals surface area (Å²) in [5.41, 5.74) is 1.53. The average molecular weight is 425 g/mol. The van der Waals surface area contributed by atoms with Crippen LogP contribution >= 0.6 is 0 Å². The number of carbonyl (C=O) groups excluding carboxylic acids is 1. The van der Waals surface area contributed by atoms with Crippen molar-refractivity contribution in [3.8, 4) is 0 Å². The number of esters is 1. The number of fused-ring (bicyclic) bond motifs is 3. The van der Waals surface area contributed by atoms with Gasteiger partial charge in [0.05, 0.1) is 12.2 Å². The fourth-order valence-electron chi connectivity index (χ4n) is 3.90. The molecule has 0 saturated heterocycles. The summed E-state index contributed by atoms with van der Waals surface area (Å²) in [4.78, 5) is 44.5. The van der Waals surface area contributed by atoms with Crippen LogP contribution in [0.1, 0.15) is 37.6 Å². The summed E-state index contributed by atoms with van der Waals surface area (Å²) >= 11 is 0. The van der Waals surface area contributed by atoms with Gasteiger partial charge in [-0.2, -0.15) is 4.98 Å². The Balaban J connectivity index is 1.76. The molecule has 164 valence electrons. The lowest BCUT2D eigenvalue weighted by atomic mass is 10.1. The summed E-state index contributed by atoms with van der Waals surface area (Å²) in [7, 11) is 1.65. The molecule has 3 heterocycles. The number of aryl methyl sites for hydroxylation is 1. The maximum absolute atomic E-state index is 13.2. The number of rotatable bonds is 6. The van der Waals surface area contributed by atoms with E-state index in [1.807, 2.05) is 21.6 Å². The fourth-order valence-corrected chi connectivity index (χ4v) is 3.90. The first-order valence-electron chi connectivity index (χ1n) is 10.6. The van der Waals surface area contributed by atoms with Gasteiger partial charge in [-0.05, 0) is 43.5 Å². The number of benzene rings is 1. The molecule has 0 unspecified atom stereocenters. The fraction of sp³-hybridized carbons (Fsp3) is 0.455. The van der Waals surface area contributed by atoms with Gasteiger partial charge in [-0.25, -0.2) is 9.59 Å². The van der Waals surface area contributed by atoms with Gasteiger partial charge in [0.15, 0.2) is 11.2 Å². The summed E-state index contributed by atoms with van der Waals surface area (Å²) in [5, 5.41) is 0. The Kier molecular flexibility index (Phi) is 5.43. The van der Waals surface area contributed by atoms with Gasteiger partial charge in [-0.1, -0.05) is 13.8 Å². The largest absolute Gasteiger partial charge is 0.462 e. The molecule has 0 amide bonds. The second-order valence-corrected chi connectivity index (χ2v) is 8.14. The lowest BCUT2D eigenvalue weighted by Gasteiger charge is -2.16. The number of imidazole rings is 1. The zero-order chi connectivity index (χ0) is 22.3. The van der Waals surface area contributed by atoms with Crippen LogP contribution in [0.25, 0.3) is 11.2 Å². The van der Waals surface area contributed by atoms with Gasteiger partial charge in [0.1, 0.15) is 0 Å². The van der Waals surface area contributed by atoms with Crippen molar-refractivity contribution >= 4 is 28.8 Å². The maximum atomic E-state index is 13.2. The highest BCUT2D eigenvalue weighted by Gasteiger charge is 2.28. The number of hydrogen-bond acceptors (Lipinski definition) is 6. The smallest absolute Gasteiger partial charge is 0.338 e.